The van der Waals surface area contributed by atoms with Gasteiger partial charge in [-0.3, -0.25) is 0 Å². The highest BCUT2D eigenvalue weighted by atomic mass is 35.5. The molecule has 7 heteroatoms. The number of thiophene rings is 1. The topological polar surface area (TPSA) is 72.2 Å². The first-order valence-corrected chi connectivity index (χ1v) is 8.72. The summed E-state index contributed by atoms with van der Waals surface area (Å²) in [6, 6.07) is 6.75. The minimum Gasteiger partial charge on any atom is -0.398 e. The zero-order chi connectivity index (χ0) is 14.8. The summed E-state index contributed by atoms with van der Waals surface area (Å²) in [4.78, 5) is 1.23. The van der Waals surface area contributed by atoms with Gasteiger partial charge in [-0.25, -0.2) is 13.1 Å². The first kappa shape index (κ1) is 15.3. The third kappa shape index (κ3) is 3.52. The average Bonchev–Trinajstić information content (AvgIpc) is 2.88. The Kier molecular flexibility index (Phi) is 4.70. The second-order valence-electron chi connectivity index (χ2n) is 4.35. The van der Waals surface area contributed by atoms with Gasteiger partial charge in [-0.05, 0) is 42.5 Å². The van der Waals surface area contributed by atoms with Crippen molar-refractivity contribution < 1.29 is 8.42 Å². The largest absolute Gasteiger partial charge is 0.398 e. The van der Waals surface area contributed by atoms with Crippen LogP contribution in [0.4, 0.5) is 5.69 Å². The van der Waals surface area contributed by atoms with Crippen molar-refractivity contribution in [2.24, 2.45) is 0 Å². The van der Waals surface area contributed by atoms with E-state index in [1.807, 2.05) is 17.5 Å². The summed E-state index contributed by atoms with van der Waals surface area (Å²) in [5.41, 5.74) is 6.80. The Morgan fingerprint density at radius 1 is 1.40 bits per heavy atom. The van der Waals surface area contributed by atoms with E-state index in [4.69, 9.17) is 17.3 Å². The van der Waals surface area contributed by atoms with Crippen molar-refractivity contribution in [2.75, 3.05) is 12.3 Å². The second-order valence-corrected chi connectivity index (χ2v) is 7.55. The molecule has 1 aromatic heterocycles. The summed E-state index contributed by atoms with van der Waals surface area (Å²) in [6.07, 6.45) is 0.659. The summed E-state index contributed by atoms with van der Waals surface area (Å²) in [5.74, 6) is 0. The summed E-state index contributed by atoms with van der Waals surface area (Å²) in [6.45, 7) is 2.09. The Labute approximate surface area is 127 Å². The Balaban J connectivity index is 2.10. The maximum Gasteiger partial charge on any atom is 0.240 e. The maximum absolute atomic E-state index is 12.2. The van der Waals surface area contributed by atoms with Crippen LogP contribution in [-0.2, 0) is 16.4 Å². The Bertz CT molecular complexity index is 674. The van der Waals surface area contributed by atoms with Gasteiger partial charge >= 0.3 is 0 Å². The molecule has 2 aromatic rings. The first-order valence-electron chi connectivity index (χ1n) is 5.98. The molecule has 0 aliphatic heterocycles. The normalized spacial score (nSPS) is 11.7. The molecule has 0 unspecified atom stereocenters. The summed E-state index contributed by atoms with van der Waals surface area (Å²) in [7, 11) is -3.59. The number of rotatable bonds is 5. The fourth-order valence-corrected chi connectivity index (χ4v) is 3.77. The Morgan fingerprint density at radius 2 is 2.15 bits per heavy atom. The van der Waals surface area contributed by atoms with Crippen molar-refractivity contribution >= 4 is 38.6 Å². The number of hydrogen-bond donors (Lipinski definition) is 2. The van der Waals surface area contributed by atoms with Gasteiger partial charge in [0.1, 0.15) is 0 Å². The van der Waals surface area contributed by atoms with Gasteiger partial charge < -0.3 is 5.73 Å². The minimum atomic E-state index is -3.59. The van der Waals surface area contributed by atoms with E-state index in [0.29, 0.717) is 29.2 Å². The lowest BCUT2D eigenvalue weighted by Gasteiger charge is -2.09. The van der Waals surface area contributed by atoms with Gasteiger partial charge in [-0.1, -0.05) is 17.7 Å². The van der Waals surface area contributed by atoms with Crippen molar-refractivity contribution in [3.05, 3.63) is 45.1 Å². The Morgan fingerprint density at radius 3 is 2.75 bits per heavy atom. The van der Waals surface area contributed by atoms with Crippen molar-refractivity contribution in [1.82, 2.24) is 4.72 Å². The lowest BCUT2D eigenvalue weighted by Crippen LogP contribution is -2.26. The van der Waals surface area contributed by atoms with E-state index < -0.39 is 10.0 Å². The molecule has 4 nitrogen and oxygen atoms in total. The van der Waals surface area contributed by atoms with Crippen LogP contribution in [0.3, 0.4) is 0 Å². The van der Waals surface area contributed by atoms with Gasteiger partial charge in [0.25, 0.3) is 0 Å². The fourth-order valence-electron chi connectivity index (χ4n) is 1.68. The number of hydrogen-bond acceptors (Lipinski definition) is 4. The van der Waals surface area contributed by atoms with E-state index in [0.717, 1.165) is 4.88 Å². The second kappa shape index (κ2) is 6.13. The molecule has 0 saturated carbocycles. The van der Waals surface area contributed by atoms with E-state index in [1.165, 1.54) is 12.1 Å². The number of benzene rings is 1. The third-order valence-corrected chi connectivity index (χ3v) is 5.68. The first-order chi connectivity index (χ1) is 9.40. The van der Waals surface area contributed by atoms with E-state index in [1.54, 1.807) is 18.3 Å². The molecular weight excluding hydrogens is 316 g/mol. The van der Waals surface area contributed by atoms with Gasteiger partial charge in [-0.15, -0.1) is 11.3 Å². The van der Waals surface area contributed by atoms with Crippen LogP contribution in [0.25, 0.3) is 0 Å². The highest BCUT2D eigenvalue weighted by Gasteiger charge is 2.16. The van der Waals surface area contributed by atoms with E-state index in [-0.39, 0.29) is 4.90 Å². The standard InChI is InChI=1S/C13H15ClN2O2S2/c1-9-12(14)7-11(8-13(9)15)20(17,18)16-5-4-10-3-2-6-19-10/h2-3,6-8,16H,4-5,15H2,1H3. The van der Waals surface area contributed by atoms with Crippen LogP contribution in [0.15, 0.2) is 34.5 Å². The molecule has 0 saturated heterocycles. The van der Waals surface area contributed by atoms with Crippen LogP contribution < -0.4 is 10.5 Å². The molecule has 20 heavy (non-hydrogen) atoms. The highest BCUT2D eigenvalue weighted by molar-refractivity contribution is 7.89. The molecule has 3 N–H and O–H groups in total. The van der Waals surface area contributed by atoms with Crippen molar-refractivity contribution in [3.8, 4) is 0 Å². The molecule has 2 rings (SSSR count). The molecule has 108 valence electrons. The van der Waals surface area contributed by atoms with Crippen LogP contribution in [0.1, 0.15) is 10.4 Å². The van der Waals surface area contributed by atoms with E-state index in [9.17, 15) is 8.42 Å². The highest BCUT2D eigenvalue weighted by Crippen LogP contribution is 2.25. The SMILES string of the molecule is Cc1c(N)cc(S(=O)(=O)NCCc2cccs2)cc1Cl. The number of sulfonamides is 1. The minimum absolute atomic E-state index is 0.0942. The lowest BCUT2D eigenvalue weighted by atomic mass is 10.2. The van der Waals surface area contributed by atoms with Gasteiger partial charge in [0.15, 0.2) is 0 Å². The van der Waals surface area contributed by atoms with Gasteiger partial charge in [0.05, 0.1) is 4.90 Å². The van der Waals surface area contributed by atoms with E-state index >= 15 is 0 Å². The number of nitrogens with one attached hydrogen (secondary N) is 1. The van der Waals surface area contributed by atoms with Crippen molar-refractivity contribution in [1.29, 1.82) is 0 Å². The van der Waals surface area contributed by atoms with Crippen molar-refractivity contribution in [2.45, 2.75) is 18.2 Å². The Hall–Kier alpha value is -1.08. The fraction of sp³-hybridized carbons (Fsp3) is 0.231. The smallest absolute Gasteiger partial charge is 0.240 e. The molecule has 0 aliphatic carbocycles. The zero-order valence-electron chi connectivity index (χ0n) is 10.9. The van der Waals surface area contributed by atoms with Crippen LogP contribution in [0.2, 0.25) is 5.02 Å². The summed E-state index contributed by atoms with van der Waals surface area (Å²) >= 11 is 7.57. The van der Waals surface area contributed by atoms with Crippen LogP contribution in [0, 0.1) is 6.92 Å². The maximum atomic E-state index is 12.2. The molecule has 0 fully saturated rings. The lowest BCUT2D eigenvalue weighted by molar-refractivity contribution is 0.582. The molecule has 0 bridgehead atoms. The number of anilines is 1. The van der Waals surface area contributed by atoms with Crippen LogP contribution >= 0.6 is 22.9 Å². The van der Waals surface area contributed by atoms with Crippen LogP contribution in [-0.4, -0.2) is 15.0 Å². The predicted molar refractivity (Wildman–Crippen MR) is 83.8 cm³/mol. The molecule has 0 aliphatic rings. The molecular formula is C13H15ClN2O2S2. The summed E-state index contributed by atoms with van der Waals surface area (Å²) < 4.78 is 26.9. The van der Waals surface area contributed by atoms with Crippen molar-refractivity contribution in [3.63, 3.8) is 0 Å². The molecule has 0 spiro atoms. The molecule has 0 radical (unpaired) electrons. The average molecular weight is 331 g/mol. The predicted octanol–water partition coefficient (Wildman–Crippen LogP) is 2.81. The van der Waals surface area contributed by atoms with E-state index in [2.05, 4.69) is 4.72 Å². The molecule has 1 heterocycles. The quantitative estimate of drug-likeness (QED) is 0.828. The van der Waals surface area contributed by atoms with Gasteiger partial charge in [0.2, 0.25) is 10.0 Å². The summed E-state index contributed by atoms with van der Waals surface area (Å²) in [5, 5.41) is 2.31. The molecule has 0 amide bonds. The van der Waals surface area contributed by atoms with Gasteiger partial charge in [0, 0.05) is 22.1 Å². The third-order valence-electron chi connectivity index (χ3n) is 2.91. The van der Waals surface area contributed by atoms with Crippen LogP contribution in [0.5, 0.6) is 0 Å². The zero-order valence-corrected chi connectivity index (χ0v) is 13.3. The number of nitrogen functional groups attached to an aromatic ring is 1. The monoisotopic (exact) mass is 330 g/mol. The molecule has 1 aromatic carbocycles. The number of nitrogens with two attached hydrogens (primary N) is 1. The number of halogens is 1. The van der Waals surface area contributed by atoms with Gasteiger partial charge in [-0.2, -0.15) is 0 Å². The molecule has 0 atom stereocenters.